The molecule has 0 spiro atoms. The summed E-state index contributed by atoms with van der Waals surface area (Å²) < 4.78 is 6.57. The van der Waals surface area contributed by atoms with Crippen LogP contribution in [0.4, 0.5) is 5.82 Å². The quantitative estimate of drug-likeness (QED) is 0.572. The summed E-state index contributed by atoms with van der Waals surface area (Å²) in [6, 6.07) is 3.01. The zero-order valence-corrected chi connectivity index (χ0v) is 12.5. The zero-order chi connectivity index (χ0) is 17.1. The molecule has 0 aliphatic carbocycles. The Morgan fingerprint density at radius 1 is 1.26 bits per heavy atom. The second-order valence-corrected chi connectivity index (χ2v) is 4.71. The van der Waals surface area contributed by atoms with E-state index in [0.29, 0.717) is 0 Å². The number of anilines is 1. The fourth-order valence-corrected chi connectivity index (χ4v) is 1.89. The highest BCUT2D eigenvalue weighted by molar-refractivity contribution is 6.02. The minimum absolute atomic E-state index is 0.168. The van der Waals surface area contributed by atoms with Crippen LogP contribution in [0.2, 0.25) is 0 Å². The number of rotatable bonds is 4. The van der Waals surface area contributed by atoms with Gasteiger partial charge in [-0.05, 0) is 12.1 Å². The first-order valence-corrected chi connectivity index (χ1v) is 6.50. The minimum atomic E-state index is -0.840. The van der Waals surface area contributed by atoms with E-state index in [2.05, 4.69) is 4.98 Å². The SMILES string of the molecule is Cn1c(N)c(C(=O)COC(=O)c2cccnc2)c(=O)n(C)c1=O. The molecule has 0 radical (unpaired) electrons. The Morgan fingerprint density at radius 2 is 1.96 bits per heavy atom. The normalized spacial score (nSPS) is 10.3. The predicted molar refractivity (Wildman–Crippen MR) is 80.2 cm³/mol. The van der Waals surface area contributed by atoms with E-state index in [0.717, 1.165) is 9.13 Å². The molecule has 2 heterocycles. The average molecular weight is 318 g/mol. The molecule has 0 bridgehead atoms. The van der Waals surface area contributed by atoms with E-state index in [1.54, 1.807) is 6.07 Å². The van der Waals surface area contributed by atoms with Crippen molar-refractivity contribution in [2.24, 2.45) is 14.1 Å². The van der Waals surface area contributed by atoms with E-state index in [-0.39, 0.29) is 11.4 Å². The Balaban J connectivity index is 2.24. The fourth-order valence-electron chi connectivity index (χ4n) is 1.89. The number of nitrogens with two attached hydrogens (primary N) is 1. The third-order valence-electron chi connectivity index (χ3n) is 3.22. The van der Waals surface area contributed by atoms with Crippen molar-refractivity contribution in [3.8, 4) is 0 Å². The number of hydrogen-bond donors (Lipinski definition) is 1. The van der Waals surface area contributed by atoms with E-state index in [4.69, 9.17) is 10.5 Å². The van der Waals surface area contributed by atoms with Crippen LogP contribution >= 0.6 is 0 Å². The van der Waals surface area contributed by atoms with Gasteiger partial charge >= 0.3 is 11.7 Å². The molecule has 0 saturated carbocycles. The zero-order valence-electron chi connectivity index (χ0n) is 12.5. The molecule has 0 amide bonds. The summed E-state index contributed by atoms with van der Waals surface area (Å²) >= 11 is 0. The molecule has 0 fully saturated rings. The molecule has 2 N–H and O–H groups in total. The third kappa shape index (κ3) is 3.03. The largest absolute Gasteiger partial charge is 0.454 e. The summed E-state index contributed by atoms with van der Waals surface area (Å²) in [7, 11) is 2.55. The summed E-state index contributed by atoms with van der Waals surface area (Å²) in [5, 5.41) is 0. The van der Waals surface area contributed by atoms with Gasteiger partial charge in [-0.25, -0.2) is 9.59 Å². The Labute approximate surface area is 129 Å². The highest BCUT2D eigenvalue weighted by Gasteiger charge is 2.21. The van der Waals surface area contributed by atoms with Crippen molar-refractivity contribution in [2.45, 2.75) is 0 Å². The molecule has 2 rings (SSSR count). The number of carbonyl (C=O) groups is 2. The van der Waals surface area contributed by atoms with Crippen LogP contribution in [0.3, 0.4) is 0 Å². The fraction of sp³-hybridized carbons (Fsp3) is 0.214. The lowest BCUT2D eigenvalue weighted by Crippen LogP contribution is -2.42. The number of pyridine rings is 1. The number of aromatic nitrogens is 3. The summed E-state index contributed by atoms with van der Waals surface area (Å²) in [6.07, 6.45) is 2.77. The molecule has 120 valence electrons. The number of hydrogen-bond acceptors (Lipinski definition) is 7. The number of ether oxygens (including phenoxy) is 1. The smallest absolute Gasteiger partial charge is 0.340 e. The second kappa shape index (κ2) is 6.26. The van der Waals surface area contributed by atoms with Gasteiger partial charge < -0.3 is 10.5 Å². The first kappa shape index (κ1) is 16.1. The number of carbonyl (C=O) groups excluding carboxylic acids is 2. The Morgan fingerprint density at radius 3 is 2.57 bits per heavy atom. The van der Waals surface area contributed by atoms with Crippen LogP contribution in [0.15, 0.2) is 34.1 Å². The highest BCUT2D eigenvalue weighted by Crippen LogP contribution is 2.05. The van der Waals surface area contributed by atoms with Crippen molar-refractivity contribution in [1.29, 1.82) is 0 Å². The van der Waals surface area contributed by atoms with Crippen molar-refractivity contribution >= 4 is 17.6 Å². The van der Waals surface area contributed by atoms with Crippen LogP contribution < -0.4 is 17.0 Å². The van der Waals surface area contributed by atoms with Crippen molar-refractivity contribution < 1.29 is 14.3 Å². The molecule has 9 nitrogen and oxygen atoms in total. The molecule has 23 heavy (non-hydrogen) atoms. The van der Waals surface area contributed by atoms with Crippen LogP contribution in [0.5, 0.6) is 0 Å². The van der Waals surface area contributed by atoms with E-state index >= 15 is 0 Å². The van der Waals surface area contributed by atoms with Gasteiger partial charge in [0.2, 0.25) is 5.78 Å². The monoisotopic (exact) mass is 318 g/mol. The summed E-state index contributed by atoms with van der Waals surface area (Å²) in [5.41, 5.74) is 3.93. The summed E-state index contributed by atoms with van der Waals surface area (Å²) in [6.45, 7) is -0.675. The second-order valence-electron chi connectivity index (χ2n) is 4.71. The lowest BCUT2D eigenvalue weighted by atomic mass is 10.2. The van der Waals surface area contributed by atoms with Gasteiger partial charge in [0.1, 0.15) is 11.4 Å². The lowest BCUT2D eigenvalue weighted by Gasteiger charge is -2.10. The average Bonchev–Trinajstić information content (AvgIpc) is 2.57. The van der Waals surface area contributed by atoms with Crippen molar-refractivity contribution in [2.75, 3.05) is 12.3 Å². The van der Waals surface area contributed by atoms with Gasteiger partial charge in [-0.15, -0.1) is 0 Å². The van der Waals surface area contributed by atoms with Gasteiger partial charge in [0.25, 0.3) is 5.56 Å². The maximum absolute atomic E-state index is 12.1. The van der Waals surface area contributed by atoms with Crippen LogP contribution in [0, 0.1) is 0 Å². The molecule has 0 aliphatic rings. The minimum Gasteiger partial charge on any atom is -0.454 e. The third-order valence-corrected chi connectivity index (χ3v) is 3.22. The molecule has 0 unspecified atom stereocenters. The van der Waals surface area contributed by atoms with Gasteiger partial charge in [0.05, 0.1) is 5.56 Å². The Bertz CT molecular complexity index is 883. The van der Waals surface area contributed by atoms with E-state index < -0.39 is 35.2 Å². The molecule has 0 aromatic carbocycles. The first-order chi connectivity index (χ1) is 10.8. The molecular weight excluding hydrogens is 304 g/mol. The van der Waals surface area contributed by atoms with Gasteiger partial charge in [0, 0.05) is 26.5 Å². The number of nitrogens with zero attached hydrogens (tertiary/aromatic N) is 3. The molecular formula is C14H14N4O5. The molecule has 0 aliphatic heterocycles. The predicted octanol–water partition coefficient (Wildman–Crippen LogP) is -0.899. The molecule has 2 aromatic heterocycles. The number of ketones is 1. The van der Waals surface area contributed by atoms with Crippen LogP contribution in [-0.4, -0.2) is 32.5 Å². The van der Waals surface area contributed by atoms with Crippen molar-refractivity contribution in [3.05, 3.63) is 56.5 Å². The lowest BCUT2D eigenvalue weighted by molar-refractivity contribution is 0.0473. The summed E-state index contributed by atoms with van der Waals surface area (Å²) in [4.78, 5) is 51.3. The van der Waals surface area contributed by atoms with Gasteiger partial charge in [-0.2, -0.15) is 0 Å². The van der Waals surface area contributed by atoms with Gasteiger partial charge in [-0.1, -0.05) is 0 Å². The highest BCUT2D eigenvalue weighted by atomic mass is 16.5. The molecule has 9 heteroatoms. The Kier molecular flexibility index (Phi) is 4.39. The maximum atomic E-state index is 12.1. The summed E-state index contributed by atoms with van der Waals surface area (Å²) in [5.74, 6) is -1.83. The number of nitrogen functional groups attached to an aromatic ring is 1. The van der Waals surface area contributed by atoms with Crippen LogP contribution in [0.25, 0.3) is 0 Å². The first-order valence-electron chi connectivity index (χ1n) is 6.50. The number of Topliss-reactive ketones (excluding diaryl/α,β-unsaturated/α-hetero) is 1. The Hall–Kier alpha value is -3.23. The van der Waals surface area contributed by atoms with Crippen LogP contribution in [0.1, 0.15) is 20.7 Å². The van der Waals surface area contributed by atoms with Gasteiger partial charge in [-0.3, -0.25) is 23.7 Å². The standard InChI is InChI=1S/C14H14N4O5/c1-17-11(15)10(12(20)18(2)14(17)22)9(19)7-23-13(21)8-4-3-5-16-6-8/h3-6H,7,15H2,1-2H3. The van der Waals surface area contributed by atoms with Crippen molar-refractivity contribution in [3.63, 3.8) is 0 Å². The molecule has 2 aromatic rings. The molecule has 0 atom stereocenters. The maximum Gasteiger partial charge on any atom is 0.340 e. The van der Waals surface area contributed by atoms with E-state index in [1.165, 1.54) is 32.6 Å². The van der Waals surface area contributed by atoms with Gasteiger partial charge in [0.15, 0.2) is 6.61 Å². The topological polar surface area (TPSA) is 126 Å². The van der Waals surface area contributed by atoms with Crippen LogP contribution in [-0.2, 0) is 18.8 Å². The van der Waals surface area contributed by atoms with E-state index in [9.17, 15) is 19.2 Å². The van der Waals surface area contributed by atoms with E-state index in [1.807, 2.05) is 0 Å². The van der Waals surface area contributed by atoms with Crippen molar-refractivity contribution in [1.82, 2.24) is 14.1 Å². The molecule has 0 saturated heterocycles. The number of esters is 1.